The van der Waals surface area contributed by atoms with E-state index in [4.69, 9.17) is 15.2 Å². The number of nitrogen functional groups attached to an aromatic ring is 1. The minimum atomic E-state index is -0.710. The van der Waals surface area contributed by atoms with Crippen LogP contribution in [0.15, 0.2) is 58.1 Å². The van der Waals surface area contributed by atoms with Gasteiger partial charge < -0.3 is 20.1 Å². The first-order chi connectivity index (χ1) is 16.8. The summed E-state index contributed by atoms with van der Waals surface area (Å²) in [5.41, 5.74) is 7.71. The summed E-state index contributed by atoms with van der Waals surface area (Å²) < 4.78 is 12.3. The van der Waals surface area contributed by atoms with Gasteiger partial charge in [-0.2, -0.15) is 0 Å². The third kappa shape index (κ3) is 6.39. The summed E-state index contributed by atoms with van der Waals surface area (Å²) in [6.45, 7) is 4.77. The highest BCUT2D eigenvalue weighted by Crippen LogP contribution is 2.23. The fraction of sp³-hybridized carbons (Fsp3) is 0.346. The van der Waals surface area contributed by atoms with Gasteiger partial charge in [-0.25, -0.2) is 4.79 Å². The lowest BCUT2D eigenvalue weighted by Gasteiger charge is -2.25. The summed E-state index contributed by atoms with van der Waals surface area (Å²) in [5.74, 6) is 0.332. The Morgan fingerprint density at radius 1 is 1.03 bits per heavy atom. The SMILES string of the molecule is COCCCN(C(=O)CCOc1c(C)cccc1C)c1c(N)n(Cc2ccccc2)c(=O)[nH]c1=O. The van der Waals surface area contributed by atoms with Crippen molar-refractivity contribution in [2.75, 3.05) is 37.5 Å². The second kappa shape index (κ2) is 12.0. The second-order valence-electron chi connectivity index (χ2n) is 8.28. The molecule has 1 aromatic heterocycles. The monoisotopic (exact) mass is 480 g/mol. The average Bonchev–Trinajstić information content (AvgIpc) is 2.83. The first-order valence-electron chi connectivity index (χ1n) is 11.5. The van der Waals surface area contributed by atoms with E-state index in [2.05, 4.69) is 4.98 Å². The fourth-order valence-corrected chi connectivity index (χ4v) is 3.89. The van der Waals surface area contributed by atoms with Gasteiger partial charge in [-0.05, 0) is 37.0 Å². The average molecular weight is 481 g/mol. The van der Waals surface area contributed by atoms with Gasteiger partial charge in [0, 0.05) is 20.3 Å². The molecule has 0 unspecified atom stereocenters. The molecule has 0 saturated heterocycles. The van der Waals surface area contributed by atoms with E-state index in [1.807, 2.05) is 62.4 Å². The number of anilines is 2. The molecule has 186 valence electrons. The minimum Gasteiger partial charge on any atom is -0.493 e. The Balaban J connectivity index is 1.88. The van der Waals surface area contributed by atoms with Crippen LogP contribution in [0.2, 0.25) is 0 Å². The summed E-state index contributed by atoms with van der Waals surface area (Å²) in [4.78, 5) is 42.3. The van der Waals surface area contributed by atoms with E-state index in [0.717, 1.165) is 22.4 Å². The molecule has 0 aliphatic heterocycles. The Morgan fingerprint density at radius 3 is 2.37 bits per heavy atom. The molecule has 0 spiro atoms. The second-order valence-corrected chi connectivity index (χ2v) is 8.28. The van der Waals surface area contributed by atoms with Gasteiger partial charge in [-0.1, -0.05) is 48.5 Å². The number of aryl methyl sites for hydroxylation is 2. The molecule has 9 heteroatoms. The molecule has 1 amide bonds. The number of para-hydroxylation sites is 1. The van der Waals surface area contributed by atoms with E-state index < -0.39 is 11.2 Å². The van der Waals surface area contributed by atoms with E-state index in [0.29, 0.717) is 13.0 Å². The summed E-state index contributed by atoms with van der Waals surface area (Å²) in [6, 6.07) is 15.1. The lowest BCUT2D eigenvalue weighted by atomic mass is 10.1. The van der Waals surface area contributed by atoms with Gasteiger partial charge in [0.1, 0.15) is 11.6 Å². The first-order valence-corrected chi connectivity index (χ1v) is 11.5. The molecule has 3 N–H and O–H groups in total. The van der Waals surface area contributed by atoms with Crippen molar-refractivity contribution in [1.29, 1.82) is 0 Å². The van der Waals surface area contributed by atoms with Crippen molar-refractivity contribution >= 4 is 17.4 Å². The van der Waals surface area contributed by atoms with Crippen molar-refractivity contribution in [3.63, 3.8) is 0 Å². The Labute approximate surface area is 204 Å². The van der Waals surface area contributed by atoms with Crippen LogP contribution in [-0.4, -0.2) is 42.3 Å². The van der Waals surface area contributed by atoms with Crippen molar-refractivity contribution < 1.29 is 14.3 Å². The van der Waals surface area contributed by atoms with Crippen LogP contribution in [0.4, 0.5) is 11.5 Å². The number of nitrogens with zero attached hydrogens (tertiary/aromatic N) is 2. The summed E-state index contributed by atoms with van der Waals surface area (Å²) >= 11 is 0. The molecule has 0 bridgehead atoms. The lowest BCUT2D eigenvalue weighted by molar-refractivity contribution is -0.119. The van der Waals surface area contributed by atoms with Crippen molar-refractivity contribution in [3.8, 4) is 5.75 Å². The molecular formula is C26H32N4O5. The molecule has 1 heterocycles. The minimum absolute atomic E-state index is 0.0252. The number of methoxy groups -OCH3 is 1. The number of amides is 1. The third-order valence-electron chi connectivity index (χ3n) is 5.67. The zero-order chi connectivity index (χ0) is 25.4. The van der Waals surface area contributed by atoms with Gasteiger partial charge in [-0.15, -0.1) is 0 Å². The predicted octanol–water partition coefficient (Wildman–Crippen LogP) is 2.62. The van der Waals surface area contributed by atoms with E-state index in [9.17, 15) is 14.4 Å². The topological polar surface area (TPSA) is 120 Å². The number of hydrogen-bond donors (Lipinski definition) is 2. The summed E-state index contributed by atoms with van der Waals surface area (Å²) in [5, 5.41) is 0. The van der Waals surface area contributed by atoms with Gasteiger partial charge in [-0.3, -0.25) is 19.1 Å². The zero-order valence-electron chi connectivity index (χ0n) is 20.4. The molecule has 35 heavy (non-hydrogen) atoms. The Hall–Kier alpha value is -3.85. The Kier molecular flexibility index (Phi) is 8.86. The summed E-state index contributed by atoms with van der Waals surface area (Å²) in [7, 11) is 1.56. The van der Waals surface area contributed by atoms with Crippen LogP contribution in [0.5, 0.6) is 5.75 Å². The molecule has 0 saturated carbocycles. The first kappa shape index (κ1) is 25.8. The number of aromatic nitrogens is 2. The van der Waals surface area contributed by atoms with Crippen LogP contribution < -0.4 is 26.6 Å². The Bertz CT molecular complexity index is 1250. The van der Waals surface area contributed by atoms with E-state index in [1.54, 1.807) is 7.11 Å². The molecule has 0 atom stereocenters. The number of benzene rings is 2. The number of H-pyrrole nitrogens is 1. The molecule has 9 nitrogen and oxygen atoms in total. The molecule has 0 fully saturated rings. The number of aromatic amines is 1. The van der Waals surface area contributed by atoms with E-state index in [-0.39, 0.29) is 43.5 Å². The highest BCUT2D eigenvalue weighted by atomic mass is 16.5. The van der Waals surface area contributed by atoms with E-state index in [1.165, 1.54) is 9.47 Å². The van der Waals surface area contributed by atoms with Gasteiger partial charge in [0.05, 0.1) is 19.6 Å². The van der Waals surface area contributed by atoms with Crippen LogP contribution >= 0.6 is 0 Å². The molecular weight excluding hydrogens is 448 g/mol. The van der Waals surface area contributed by atoms with Crippen LogP contribution in [0.25, 0.3) is 0 Å². The van der Waals surface area contributed by atoms with E-state index >= 15 is 0 Å². The maximum atomic E-state index is 13.3. The molecule has 2 aromatic carbocycles. The highest BCUT2D eigenvalue weighted by molar-refractivity contribution is 5.95. The molecule has 0 aliphatic carbocycles. The van der Waals surface area contributed by atoms with Crippen LogP contribution in [0, 0.1) is 13.8 Å². The third-order valence-corrected chi connectivity index (χ3v) is 5.67. The summed E-state index contributed by atoms with van der Waals surface area (Å²) in [6.07, 6.45) is 0.508. The molecule has 0 radical (unpaired) electrons. The van der Waals surface area contributed by atoms with Gasteiger partial charge >= 0.3 is 5.69 Å². The van der Waals surface area contributed by atoms with Crippen molar-refractivity contribution in [3.05, 3.63) is 86.1 Å². The quantitative estimate of drug-likeness (QED) is 0.407. The van der Waals surface area contributed by atoms with Crippen LogP contribution in [0.3, 0.4) is 0 Å². The van der Waals surface area contributed by atoms with Gasteiger partial charge in [0.25, 0.3) is 5.56 Å². The molecule has 0 aliphatic rings. The Morgan fingerprint density at radius 2 is 1.71 bits per heavy atom. The van der Waals surface area contributed by atoms with Crippen molar-refractivity contribution in [2.45, 2.75) is 33.2 Å². The maximum Gasteiger partial charge on any atom is 0.330 e. The van der Waals surface area contributed by atoms with Gasteiger partial charge in [0.15, 0.2) is 5.69 Å². The fourth-order valence-electron chi connectivity index (χ4n) is 3.89. The number of carbonyl (C=O) groups excluding carboxylic acids is 1. The zero-order valence-corrected chi connectivity index (χ0v) is 20.4. The van der Waals surface area contributed by atoms with Gasteiger partial charge in [0.2, 0.25) is 5.91 Å². The number of nitrogens with two attached hydrogens (primary N) is 1. The standard InChI is InChI=1S/C26H32N4O5/c1-18-9-7-10-19(2)23(18)35-16-13-21(31)29(14-8-15-34-3)22-24(27)30(26(33)28-25(22)32)17-20-11-5-4-6-12-20/h4-7,9-12H,8,13-17,27H2,1-3H3,(H,28,32,33). The molecule has 3 rings (SSSR count). The lowest BCUT2D eigenvalue weighted by Crippen LogP contribution is -2.42. The number of carbonyl (C=O) groups is 1. The highest BCUT2D eigenvalue weighted by Gasteiger charge is 2.24. The number of ether oxygens (including phenoxy) is 2. The number of hydrogen-bond acceptors (Lipinski definition) is 6. The molecule has 3 aromatic rings. The van der Waals surface area contributed by atoms with Crippen LogP contribution in [0.1, 0.15) is 29.5 Å². The normalized spacial score (nSPS) is 10.8. The van der Waals surface area contributed by atoms with Crippen LogP contribution in [-0.2, 0) is 16.1 Å². The predicted molar refractivity (Wildman–Crippen MR) is 136 cm³/mol. The van der Waals surface area contributed by atoms with Crippen molar-refractivity contribution in [2.24, 2.45) is 0 Å². The maximum absolute atomic E-state index is 13.3. The largest absolute Gasteiger partial charge is 0.493 e. The number of rotatable bonds is 11. The number of nitrogens with one attached hydrogen (secondary N) is 1. The van der Waals surface area contributed by atoms with Crippen molar-refractivity contribution in [1.82, 2.24) is 9.55 Å². The smallest absolute Gasteiger partial charge is 0.330 e.